The molecule has 7 aromatic carbocycles. The second-order valence-electron chi connectivity index (χ2n) is 17.2. The van der Waals surface area contributed by atoms with E-state index >= 15 is 0 Å². The third kappa shape index (κ3) is 13.4. The van der Waals surface area contributed by atoms with Gasteiger partial charge in [0.05, 0.1) is 26.3 Å². The van der Waals surface area contributed by atoms with Crippen LogP contribution in [0.2, 0.25) is 0 Å². The van der Waals surface area contributed by atoms with Gasteiger partial charge in [-0.15, -0.1) is 0 Å². The lowest BCUT2D eigenvalue weighted by Crippen LogP contribution is -2.11. The van der Waals surface area contributed by atoms with E-state index in [4.69, 9.17) is 26.3 Å². The predicted molar refractivity (Wildman–Crippen MR) is 299 cm³/mol. The summed E-state index contributed by atoms with van der Waals surface area (Å²) in [6, 6.07) is 50.6. The van der Waals surface area contributed by atoms with Crippen LogP contribution in [0.5, 0.6) is 0 Å². The van der Waals surface area contributed by atoms with Gasteiger partial charge >= 0.3 is 23.9 Å². The Labute approximate surface area is 444 Å². The fourth-order valence-corrected chi connectivity index (χ4v) is 8.16. The summed E-state index contributed by atoms with van der Waals surface area (Å²) in [7, 11) is 0. The smallest absolute Gasteiger partial charge is 0.333 e. The predicted octanol–water partition coefficient (Wildman–Crippen LogP) is 14.3. The molecule has 0 unspecified atom stereocenters. The molecule has 0 saturated heterocycles. The van der Waals surface area contributed by atoms with E-state index in [0.717, 1.165) is 72.7 Å². The number of rotatable bonds is 17. The number of anilines is 3. The molecule has 0 spiro atoms. The lowest BCUT2D eigenvalue weighted by molar-refractivity contribution is -0.133. The van der Waals surface area contributed by atoms with Crippen molar-refractivity contribution < 1.29 is 39.6 Å². The normalized spacial score (nSPS) is 11.4. The molecular formula is C64H43N5O8. The Morgan fingerprint density at radius 2 is 0.610 bits per heavy atom. The first-order valence-electron chi connectivity index (χ1n) is 23.3. The Bertz CT molecular complexity index is 3410. The van der Waals surface area contributed by atoms with Crippen molar-refractivity contribution >= 4 is 88.5 Å². The Morgan fingerprint density at radius 3 is 0.844 bits per heavy atom. The summed E-state index contributed by atoms with van der Waals surface area (Å²) in [5, 5.41) is 37.7. The molecule has 0 aliphatic rings. The van der Waals surface area contributed by atoms with E-state index in [0.29, 0.717) is 22.3 Å². The van der Waals surface area contributed by atoms with Crippen molar-refractivity contribution in [2.75, 3.05) is 4.90 Å². The van der Waals surface area contributed by atoms with E-state index in [2.05, 4.69) is 49.4 Å². The highest BCUT2D eigenvalue weighted by molar-refractivity contribution is 5.98. The van der Waals surface area contributed by atoms with E-state index in [1.807, 2.05) is 116 Å². The van der Waals surface area contributed by atoms with Crippen molar-refractivity contribution in [3.05, 3.63) is 299 Å². The minimum Gasteiger partial charge on any atom is -0.486 e. The van der Waals surface area contributed by atoms with Gasteiger partial charge in [0.25, 0.3) is 22.8 Å². The summed E-state index contributed by atoms with van der Waals surface area (Å²) in [6.07, 6.45) is 9.18. The van der Waals surface area contributed by atoms with Gasteiger partial charge in [0.15, 0.2) is 0 Å². The van der Waals surface area contributed by atoms with Crippen molar-refractivity contribution in [1.29, 1.82) is 0 Å². The molecule has 4 N–H and O–H groups in total. The summed E-state index contributed by atoms with van der Waals surface area (Å²) < 4.78 is 0. The highest BCUT2D eigenvalue weighted by Gasteiger charge is 2.17. The first kappa shape index (κ1) is 53.4. The fraction of sp³-hybridized carbons (Fsp3) is 0.0312. The molecule has 0 saturated carbocycles. The van der Waals surface area contributed by atoms with Crippen molar-refractivity contribution in [3.63, 3.8) is 0 Å². The maximum absolute atomic E-state index is 11.6. The molecule has 13 nitrogen and oxygen atoms in total. The number of benzene rings is 7. The van der Waals surface area contributed by atoms with Gasteiger partial charge in [-0.2, -0.15) is 0 Å². The summed E-state index contributed by atoms with van der Waals surface area (Å²) in [6.45, 7) is 33.1. The van der Waals surface area contributed by atoms with Crippen LogP contribution in [0, 0.1) is 40.1 Å². The number of aliphatic carboxylic acids is 4. The van der Waals surface area contributed by atoms with Crippen molar-refractivity contribution in [2.24, 2.45) is 0 Å². The van der Waals surface area contributed by atoms with Gasteiger partial charge in [0.2, 0.25) is 0 Å². The van der Waals surface area contributed by atoms with Gasteiger partial charge in [-0.3, -0.25) is 19.2 Å². The van der Waals surface area contributed by atoms with Gasteiger partial charge < -0.3 is 25.3 Å². The Balaban J connectivity index is 1.29. The van der Waals surface area contributed by atoms with Gasteiger partial charge in [0.1, 0.15) is 0 Å². The van der Waals surface area contributed by atoms with Gasteiger partial charge in [-0.25, -0.2) is 19.4 Å². The van der Waals surface area contributed by atoms with Crippen LogP contribution in [0.3, 0.4) is 0 Å². The van der Waals surface area contributed by atoms with E-state index < -0.39 is 46.7 Å². The van der Waals surface area contributed by atoms with Crippen LogP contribution in [-0.4, -0.2) is 44.3 Å². The average molecular weight is 1010 g/mol. The molecule has 0 fully saturated rings. The molecule has 0 radical (unpaired) electrons. The minimum atomic E-state index is -1.33. The second kappa shape index (κ2) is 24.4. The minimum absolute atomic E-state index is 0.423. The molecule has 13 heteroatoms. The standard InChI is InChI=1S/C64H43N5O8/c1-40-7-32-60(41(2)33-40)69(52-28-16-42(17-29-52)34-54(48-20-8-44(9-21-48)36-56(65-3)61(70)71)49-22-10-45(11-23-49)37-57(66-4)62(72)73)53-30-18-43(19-31-53)35-55(50-24-12-46(13-25-50)38-58(67-5)63(74)75)51-26-14-47(15-27-51)39-59(68-6)64(76)77/h7-39H,1-2H3,(H,70,71)(H,72,73)(H,74,75)(H,76,77). The van der Waals surface area contributed by atoms with E-state index in [1.54, 1.807) is 48.5 Å². The number of aryl methyl sites for hydroxylation is 2. The molecule has 0 aliphatic heterocycles. The molecular weight excluding hydrogens is 967 g/mol. The number of carboxylic acid groups (broad SMARTS) is 4. The molecule has 0 heterocycles. The van der Waals surface area contributed by atoms with Crippen LogP contribution in [0.25, 0.3) is 67.0 Å². The largest absolute Gasteiger partial charge is 0.486 e. The second-order valence-corrected chi connectivity index (χ2v) is 17.2. The number of carboxylic acids is 4. The third-order valence-corrected chi connectivity index (χ3v) is 12.0. The number of hydrogen-bond donors (Lipinski definition) is 4. The summed E-state index contributed by atoms with van der Waals surface area (Å²) >= 11 is 0. The van der Waals surface area contributed by atoms with Crippen LogP contribution >= 0.6 is 0 Å². The van der Waals surface area contributed by atoms with Crippen LogP contribution in [0.1, 0.15) is 66.8 Å². The molecule has 0 amide bonds. The zero-order chi connectivity index (χ0) is 55.2. The van der Waals surface area contributed by atoms with Crippen LogP contribution in [0.4, 0.5) is 17.1 Å². The van der Waals surface area contributed by atoms with E-state index in [1.165, 1.54) is 24.3 Å². The molecule has 77 heavy (non-hydrogen) atoms. The van der Waals surface area contributed by atoms with Gasteiger partial charge in [-0.1, -0.05) is 139 Å². The summed E-state index contributed by atoms with van der Waals surface area (Å²) in [4.78, 5) is 60.8. The Kier molecular flexibility index (Phi) is 16.9. The van der Waals surface area contributed by atoms with Gasteiger partial charge in [0, 0.05) is 17.1 Å². The first-order chi connectivity index (χ1) is 37.1. The average Bonchev–Trinajstić information content (AvgIpc) is 3.43. The van der Waals surface area contributed by atoms with Crippen molar-refractivity contribution in [2.45, 2.75) is 13.8 Å². The molecule has 372 valence electrons. The topological polar surface area (TPSA) is 170 Å². The Hall–Kier alpha value is -11.4. The molecule has 0 bridgehead atoms. The zero-order valence-corrected chi connectivity index (χ0v) is 41.2. The third-order valence-electron chi connectivity index (χ3n) is 12.0. The SMILES string of the molecule is [C-]#[N+]C(=Cc1ccc(C(=Cc2ccc(N(c3ccc(C=C(c4ccc(C=C([N+]#[C-])C(=O)O)cc4)c4ccc(C=C([N+]#[C-])C(=O)O)cc4)cc3)c3ccc(C)cc3C)cc2)c2ccc(C=C([N+]#[C-])C(=O)O)cc2)cc1)C(=O)O. The number of nitrogens with zero attached hydrogens (tertiary/aromatic N) is 5. The molecule has 0 atom stereocenters. The maximum Gasteiger partial charge on any atom is 0.333 e. The summed E-state index contributed by atoms with van der Waals surface area (Å²) in [5.41, 5.74) is 11.5. The lowest BCUT2D eigenvalue weighted by Gasteiger charge is -2.27. The number of carbonyl (C=O) groups is 4. The van der Waals surface area contributed by atoms with Crippen LogP contribution in [0.15, 0.2) is 187 Å². The number of hydrogen-bond acceptors (Lipinski definition) is 5. The zero-order valence-electron chi connectivity index (χ0n) is 41.2. The molecule has 7 aromatic rings. The monoisotopic (exact) mass is 1010 g/mol. The quantitative estimate of drug-likeness (QED) is 0.0394. The highest BCUT2D eigenvalue weighted by Crippen LogP contribution is 2.38. The summed E-state index contributed by atoms with van der Waals surface area (Å²) in [5.74, 6) is -5.32. The van der Waals surface area contributed by atoms with Crippen molar-refractivity contribution in [1.82, 2.24) is 0 Å². The van der Waals surface area contributed by atoms with Crippen LogP contribution < -0.4 is 4.90 Å². The molecule has 0 aromatic heterocycles. The highest BCUT2D eigenvalue weighted by atomic mass is 16.4. The first-order valence-corrected chi connectivity index (χ1v) is 23.3. The van der Waals surface area contributed by atoms with Crippen molar-refractivity contribution in [3.8, 4) is 0 Å². The lowest BCUT2D eigenvalue weighted by atomic mass is 9.93. The Morgan fingerprint density at radius 1 is 0.364 bits per heavy atom. The molecule has 0 aliphatic carbocycles. The van der Waals surface area contributed by atoms with E-state index in [-0.39, 0.29) is 0 Å². The molecule has 7 rings (SSSR count). The maximum atomic E-state index is 11.6. The van der Waals surface area contributed by atoms with E-state index in [9.17, 15) is 39.6 Å². The van der Waals surface area contributed by atoms with Gasteiger partial charge in [-0.05, 0) is 153 Å². The fourth-order valence-electron chi connectivity index (χ4n) is 8.16. The van der Waals surface area contributed by atoms with Crippen LogP contribution in [-0.2, 0) is 19.2 Å².